The fourth-order valence-electron chi connectivity index (χ4n) is 2.11. The minimum Gasteiger partial charge on any atom is -0.298 e. The number of sulfone groups is 1. The molecule has 1 aromatic carbocycles. The topological polar surface area (TPSA) is 51.2 Å². The van der Waals surface area contributed by atoms with E-state index in [-0.39, 0.29) is 17.1 Å². The molecule has 92 valence electrons. The van der Waals surface area contributed by atoms with Gasteiger partial charge in [0.1, 0.15) is 16.0 Å². The minimum atomic E-state index is -3.87. The van der Waals surface area contributed by atoms with Gasteiger partial charge < -0.3 is 0 Å². The average Bonchev–Trinajstić information content (AvgIpc) is 2.29. The predicted molar refractivity (Wildman–Crippen MR) is 60.8 cm³/mol. The van der Waals surface area contributed by atoms with Gasteiger partial charge in [0.05, 0.1) is 0 Å². The molecule has 2 rings (SSSR count). The molecule has 0 aliphatic heterocycles. The second-order valence-corrected chi connectivity index (χ2v) is 6.28. The van der Waals surface area contributed by atoms with Crippen LogP contribution in [-0.2, 0) is 14.6 Å². The summed E-state index contributed by atoms with van der Waals surface area (Å²) in [5, 5.41) is -1.06. The van der Waals surface area contributed by atoms with Crippen LogP contribution in [-0.4, -0.2) is 19.5 Å². The van der Waals surface area contributed by atoms with Crippen LogP contribution in [0.5, 0.6) is 0 Å². The van der Waals surface area contributed by atoms with Crippen LogP contribution in [0.25, 0.3) is 0 Å². The van der Waals surface area contributed by atoms with Crippen LogP contribution in [0.2, 0.25) is 0 Å². The van der Waals surface area contributed by atoms with E-state index in [2.05, 4.69) is 0 Å². The average molecular weight is 256 g/mol. The van der Waals surface area contributed by atoms with Crippen LogP contribution in [0.3, 0.4) is 0 Å². The number of hydrogen-bond acceptors (Lipinski definition) is 3. The van der Waals surface area contributed by atoms with Gasteiger partial charge in [-0.05, 0) is 25.0 Å². The molecule has 1 unspecified atom stereocenters. The third kappa shape index (κ3) is 2.24. The second kappa shape index (κ2) is 4.56. The van der Waals surface area contributed by atoms with Gasteiger partial charge in [-0.25, -0.2) is 12.8 Å². The van der Waals surface area contributed by atoms with E-state index in [0.29, 0.717) is 12.8 Å². The van der Waals surface area contributed by atoms with Gasteiger partial charge in [-0.3, -0.25) is 4.79 Å². The molecule has 0 radical (unpaired) electrons. The first-order chi connectivity index (χ1) is 8.03. The van der Waals surface area contributed by atoms with Gasteiger partial charge in [0.15, 0.2) is 15.6 Å². The normalized spacial score (nSPS) is 21.5. The van der Waals surface area contributed by atoms with Crippen molar-refractivity contribution in [2.24, 2.45) is 0 Å². The lowest BCUT2D eigenvalue weighted by molar-refractivity contribution is -0.119. The molecule has 5 heteroatoms. The van der Waals surface area contributed by atoms with E-state index in [1.165, 1.54) is 18.2 Å². The zero-order valence-electron chi connectivity index (χ0n) is 9.23. The molecule has 1 aromatic rings. The number of carbonyl (C=O) groups is 1. The summed E-state index contributed by atoms with van der Waals surface area (Å²) in [7, 11) is -3.87. The predicted octanol–water partition coefficient (Wildman–Crippen LogP) is 2.11. The van der Waals surface area contributed by atoms with Crippen molar-refractivity contribution in [3.63, 3.8) is 0 Å². The molecule has 0 amide bonds. The van der Waals surface area contributed by atoms with Crippen molar-refractivity contribution in [1.29, 1.82) is 0 Å². The lowest BCUT2D eigenvalue weighted by atomic mass is 9.99. The summed E-state index contributed by atoms with van der Waals surface area (Å²) in [6, 6.07) is 5.20. The maximum atomic E-state index is 13.5. The molecule has 3 nitrogen and oxygen atoms in total. The van der Waals surface area contributed by atoms with Crippen molar-refractivity contribution < 1.29 is 17.6 Å². The molecule has 1 saturated carbocycles. The Morgan fingerprint density at radius 2 is 1.88 bits per heavy atom. The molecule has 0 heterocycles. The number of benzene rings is 1. The zero-order valence-corrected chi connectivity index (χ0v) is 10.0. The van der Waals surface area contributed by atoms with E-state index in [4.69, 9.17) is 0 Å². The number of carbonyl (C=O) groups excluding carboxylic acids is 1. The van der Waals surface area contributed by atoms with Gasteiger partial charge in [-0.2, -0.15) is 0 Å². The summed E-state index contributed by atoms with van der Waals surface area (Å²) in [4.78, 5) is 11.3. The third-order valence-electron chi connectivity index (χ3n) is 3.02. The van der Waals surface area contributed by atoms with Crippen LogP contribution in [0.15, 0.2) is 29.2 Å². The molecule has 0 bridgehead atoms. The Labute approximate surface area is 99.6 Å². The van der Waals surface area contributed by atoms with Crippen molar-refractivity contribution in [2.45, 2.75) is 35.8 Å². The molecule has 0 saturated heterocycles. The van der Waals surface area contributed by atoms with Crippen molar-refractivity contribution in [3.05, 3.63) is 30.1 Å². The highest BCUT2D eigenvalue weighted by molar-refractivity contribution is 7.92. The first kappa shape index (κ1) is 12.2. The van der Waals surface area contributed by atoms with Gasteiger partial charge in [0.2, 0.25) is 0 Å². The van der Waals surface area contributed by atoms with E-state index < -0.39 is 20.9 Å². The van der Waals surface area contributed by atoms with E-state index in [1.807, 2.05) is 0 Å². The first-order valence-electron chi connectivity index (χ1n) is 5.54. The molecule has 17 heavy (non-hydrogen) atoms. The van der Waals surface area contributed by atoms with Crippen molar-refractivity contribution in [3.8, 4) is 0 Å². The molecular weight excluding hydrogens is 243 g/mol. The molecule has 1 aliphatic rings. The Morgan fingerprint density at radius 1 is 1.18 bits per heavy atom. The third-order valence-corrected chi connectivity index (χ3v) is 5.21. The Morgan fingerprint density at radius 3 is 2.53 bits per heavy atom. The zero-order chi connectivity index (χ0) is 12.5. The van der Waals surface area contributed by atoms with Gasteiger partial charge in [0, 0.05) is 6.42 Å². The van der Waals surface area contributed by atoms with Gasteiger partial charge >= 0.3 is 0 Å². The highest BCUT2D eigenvalue weighted by Crippen LogP contribution is 2.27. The van der Waals surface area contributed by atoms with E-state index in [9.17, 15) is 17.6 Å². The fourth-order valence-corrected chi connectivity index (χ4v) is 3.96. The smallest absolute Gasteiger partial charge is 0.191 e. The molecule has 1 atom stereocenters. The SMILES string of the molecule is O=C1CCCCC1S(=O)(=O)c1ccccc1F. The number of rotatable bonds is 2. The molecule has 0 spiro atoms. The Balaban J connectivity index is 2.43. The Hall–Kier alpha value is -1.23. The standard InChI is InChI=1S/C12H13FO3S/c13-9-5-1-3-7-11(9)17(15,16)12-8-4-2-6-10(12)14/h1,3,5,7,12H,2,4,6,8H2. The number of Topliss-reactive ketones (excluding diaryl/α,β-unsaturated/α-hetero) is 1. The second-order valence-electron chi connectivity index (χ2n) is 4.18. The van der Waals surface area contributed by atoms with Crippen LogP contribution >= 0.6 is 0 Å². The van der Waals surface area contributed by atoms with Gasteiger partial charge in [0.25, 0.3) is 0 Å². The summed E-state index contributed by atoms with van der Waals surface area (Å²) in [6.45, 7) is 0. The summed E-state index contributed by atoms with van der Waals surface area (Å²) >= 11 is 0. The minimum absolute atomic E-state index is 0.276. The quantitative estimate of drug-likeness (QED) is 0.814. The van der Waals surface area contributed by atoms with Crippen LogP contribution in [0.1, 0.15) is 25.7 Å². The van der Waals surface area contributed by atoms with Gasteiger partial charge in [-0.1, -0.05) is 18.6 Å². The van der Waals surface area contributed by atoms with Crippen LogP contribution < -0.4 is 0 Å². The van der Waals surface area contributed by atoms with Crippen molar-refractivity contribution in [1.82, 2.24) is 0 Å². The molecule has 1 fully saturated rings. The van der Waals surface area contributed by atoms with Crippen molar-refractivity contribution >= 4 is 15.6 Å². The van der Waals surface area contributed by atoms with E-state index in [1.54, 1.807) is 0 Å². The maximum absolute atomic E-state index is 13.5. The highest BCUT2D eigenvalue weighted by Gasteiger charge is 2.36. The molecule has 1 aliphatic carbocycles. The molecular formula is C12H13FO3S. The summed E-state index contributed by atoms with van der Waals surface area (Å²) in [5.74, 6) is -1.08. The van der Waals surface area contributed by atoms with E-state index >= 15 is 0 Å². The van der Waals surface area contributed by atoms with Gasteiger partial charge in [-0.15, -0.1) is 0 Å². The molecule has 0 aromatic heterocycles. The fraction of sp³-hybridized carbons (Fsp3) is 0.417. The summed E-state index contributed by atoms with van der Waals surface area (Å²) in [6.07, 6.45) is 2.00. The Kier molecular flexibility index (Phi) is 3.28. The maximum Gasteiger partial charge on any atom is 0.191 e. The summed E-state index contributed by atoms with van der Waals surface area (Å²) < 4.78 is 37.8. The molecule has 0 N–H and O–H groups in total. The monoisotopic (exact) mass is 256 g/mol. The lowest BCUT2D eigenvalue weighted by Gasteiger charge is -2.20. The first-order valence-corrected chi connectivity index (χ1v) is 7.09. The largest absolute Gasteiger partial charge is 0.298 e. The number of ketones is 1. The van der Waals surface area contributed by atoms with E-state index in [0.717, 1.165) is 12.5 Å². The summed E-state index contributed by atoms with van der Waals surface area (Å²) in [5.41, 5.74) is 0. The lowest BCUT2D eigenvalue weighted by Crippen LogP contribution is -2.33. The van der Waals surface area contributed by atoms with Crippen LogP contribution in [0.4, 0.5) is 4.39 Å². The van der Waals surface area contributed by atoms with Crippen molar-refractivity contribution in [2.75, 3.05) is 0 Å². The Bertz CT molecular complexity index is 536. The van der Waals surface area contributed by atoms with Crippen LogP contribution in [0, 0.1) is 5.82 Å². The number of hydrogen-bond donors (Lipinski definition) is 0. The highest BCUT2D eigenvalue weighted by atomic mass is 32.2. The number of halogens is 1.